The first kappa shape index (κ1) is 15.7. The number of nitrogens with one attached hydrogen (secondary N) is 1. The molecule has 1 atom stereocenters. The van der Waals surface area contributed by atoms with Gasteiger partial charge >= 0.3 is 5.69 Å². The van der Waals surface area contributed by atoms with Gasteiger partial charge in [-0.2, -0.15) is 0 Å². The SMILES string of the molecule is CNC(CCOc1ccc(OC)c([N+](=O)[O-])c1)C(N)=O. The monoisotopic (exact) mass is 283 g/mol. The van der Waals surface area contributed by atoms with Crippen molar-refractivity contribution in [3.63, 3.8) is 0 Å². The van der Waals surface area contributed by atoms with Crippen molar-refractivity contribution in [1.29, 1.82) is 0 Å². The van der Waals surface area contributed by atoms with E-state index in [2.05, 4.69) is 5.32 Å². The Hall–Kier alpha value is -2.35. The Morgan fingerprint density at radius 2 is 2.25 bits per heavy atom. The number of benzene rings is 1. The molecule has 1 amide bonds. The average Bonchev–Trinajstić information content (AvgIpc) is 2.42. The third-order valence-corrected chi connectivity index (χ3v) is 2.71. The third-order valence-electron chi connectivity index (χ3n) is 2.71. The van der Waals surface area contributed by atoms with E-state index in [0.717, 1.165) is 0 Å². The lowest BCUT2D eigenvalue weighted by molar-refractivity contribution is -0.385. The van der Waals surface area contributed by atoms with Gasteiger partial charge in [-0.15, -0.1) is 0 Å². The summed E-state index contributed by atoms with van der Waals surface area (Å²) in [6, 6.07) is 3.79. The zero-order valence-corrected chi connectivity index (χ0v) is 11.3. The number of hydrogen-bond donors (Lipinski definition) is 2. The van der Waals surface area contributed by atoms with Crippen LogP contribution in [-0.2, 0) is 4.79 Å². The van der Waals surface area contributed by atoms with E-state index in [1.165, 1.54) is 19.2 Å². The molecule has 20 heavy (non-hydrogen) atoms. The molecule has 0 radical (unpaired) electrons. The topological polar surface area (TPSA) is 117 Å². The number of carbonyl (C=O) groups is 1. The molecule has 0 saturated heterocycles. The zero-order chi connectivity index (χ0) is 15.1. The van der Waals surface area contributed by atoms with E-state index in [4.69, 9.17) is 15.2 Å². The van der Waals surface area contributed by atoms with E-state index < -0.39 is 16.9 Å². The molecule has 8 nitrogen and oxygen atoms in total. The van der Waals surface area contributed by atoms with Gasteiger partial charge in [0, 0.05) is 6.42 Å². The fraction of sp³-hybridized carbons (Fsp3) is 0.417. The minimum atomic E-state index is -0.550. The fourth-order valence-electron chi connectivity index (χ4n) is 1.63. The Balaban J connectivity index is 2.67. The van der Waals surface area contributed by atoms with Crippen LogP contribution in [0.3, 0.4) is 0 Å². The van der Waals surface area contributed by atoms with E-state index in [1.54, 1.807) is 13.1 Å². The maximum absolute atomic E-state index is 11.0. The molecule has 0 aliphatic rings. The maximum Gasteiger partial charge on any atom is 0.314 e. The van der Waals surface area contributed by atoms with Crippen LogP contribution < -0.4 is 20.5 Å². The second-order valence-electron chi connectivity index (χ2n) is 3.97. The van der Waals surface area contributed by atoms with Crippen molar-refractivity contribution in [3.8, 4) is 11.5 Å². The number of nitrogens with zero attached hydrogens (tertiary/aromatic N) is 1. The van der Waals surface area contributed by atoms with Crippen molar-refractivity contribution in [1.82, 2.24) is 5.32 Å². The van der Waals surface area contributed by atoms with Gasteiger partial charge in [0.25, 0.3) is 0 Å². The molecule has 1 rings (SSSR count). The number of ether oxygens (including phenoxy) is 2. The molecule has 0 saturated carbocycles. The van der Waals surface area contributed by atoms with Crippen molar-refractivity contribution >= 4 is 11.6 Å². The number of nitro benzene ring substituents is 1. The minimum absolute atomic E-state index is 0.160. The smallest absolute Gasteiger partial charge is 0.314 e. The van der Waals surface area contributed by atoms with Crippen molar-refractivity contribution in [3.05, 3.63) is 28.3 Å². The quantitative estimate of drug-likeness (QED) is 0.528. The van der Waals surface area contributed by atoms with E-state index in [-0.39, 0.29) is 18.0 Å². The van der Waals surface area contributed by atoms with Crippen molar-refractivity contribution in [2.24, 2.45) is 5.73 Å². The van der Waals surface area contributed by atoms with E-state index in [1.807, 2.05) is 0 Å². The predicted molar refractivity (Wildman–Crippen MR) is 71.8 cm³/mol. The van der Waals surface area contributed by atoms with Gasteiger partial charge in [-0.1, -0.05) is 0 Å². The van der Waals surface area contributed by atoms with Crippen LogP contribution in [0.5, 0.6) is 11.5 Å². The molecule has 110 valence electrons. The van der Waals surface area contributed by atoms with E-state index in [9.17, 15) is 14.9 Å². The lowest BCUT2D eigenvalue weighted by Gasteiger charge is -2.13. The minimum Gasteiger partial charge on any atom is -0.493 e. The normalized spacial score (nSPS) is 11.7. The molecule has 0 aliphatic heterocycles. The molecule has 8 heteroatoms. The van der Waals surface area contributed by atoms with Gasteiger partial charge in [0.05, 0.1) is 30.7 Å². The highest BCUT2D eigenvalue weighted by molar-refractivity contribution is 5.79. The fourth-order valence-corrected chi connectivity index (χ4v) is 1.63. The van der Waals surface area contributed by atoms with Gasteiger partial charge in [0.2, 0.25) is 5.91 Å². The van der Waals surface area contributed by atoms with Crippen molar-refractivity contribution in [2.45, 2.75) is 12.5 Å². The van der Waals surface area contributed by atoms with Crippen molar-refractivity contribution in [2.75, 3.05) is 20.8 Å². The molecule has 1 aromatic rings. The summed E-state index contributed by atoms with van der Waals surface area (Å²) >= 11 is 0. The molecule has 0 aromatic heterocycles. The molecule has 0 spiro atoms. The third kappa shape index (κ3) is 4.09. The van der Waals surface area contributed by atoms with E-state index >= 15 is 0 Å². The number of likely N-dealkylation sites (N-methyl/N-ethyl adjacent to an activating group) is 1. The van der Waals surface area contributed by atoms with Gasteiger partial charge in [-0.3, -0.25) is 14.9 Å². The predicted octanol–water partition coefficient (Wildman–Crippen LogP) is 0.446. The molecule has 0 heterocycles. The zero-order valence-electron chi connectivity index (χ0n) is 11.3. The van der Waals surface area contributed by atoms with Crippen LogP contribution in [0.4, 0.5) is 5.69 Å². The van der Waals surface area contributed by atoms with Gasteiger partial charge in [-0.05, 0) is 19.2 Å². The number of rotatable bonds is 8. The number of primary amides is 1. The molecule has 1 aromatic carbocycles. The number of methoxy groups -OCH3 is 1. The Morgan fingerprint density at radius 3 is 2.75 bits per heavy atom. The van der Waals surface area contributed by atoms with Crippen LogP contribution in [0.1, 0.15) is 6.42 Å². The van der Waals surface area contributed by atoms with E-state index in [0.29, 0.717) is 12.2 Å². The largest absolute Gasteiger partial charge is 0.493 e. The van der Waals surface area contributed by atoms with Crippen LogP contribution >= 0.6 is 0 Å². The summed E-state index contributed by atoms with van der Waals surface area (Å²) in [7, 11) is 2.97. The van der Waals surface area contributed by atoms with Crippen molar-refractivity contribution < 1.29 is 19.2 Å². The first-order chi connectivity index (χ1) is 9.49. The Morgan fingerprint density at radius 1 is 1.55 bits per heavy atom. The first-order valence-electron chi connectivity index (χ1n) is 5.91. The molecular weight excluding hydrogens is 266 g/mol. The summed E-state index contributed by atoms with van der Waals surface area (Å²) in [5.41, 5.74) is 4.99. The second-order valence-corrected chi connectivity index (χ2v) is 3.97. The lowest BCUT2D eigenvalue weighted by Crippen LogP contribution is -2.40. The number of amides is 1. The maximum atomic E-state index is 11.0. The highest BCUT2D eigenvalue weighted by Crippen LogP contribution is 2.30. The summed E-state index contributed by atoms with van der Waals surface area (Å²) in [4.78, 5) is 21.3. The standard InChI is InChI=1S/C12H17N3O5/c1-14-9(12(13)16)5-6-20-8-3-4-11(19-2)10(7-8)15(17)18/h3-4,7,9,14H,5-6H2,1-2H3,(H2,13,16). The number of carbonyl (C=O) groups excluding carboxylic acids is 1. The second kappa shape index (κ2) is 7.29. The Bertz CT molecular complexity index is 492. The molecule has 0 aliphatic carbocycles. The lowest BCUT2D eigenvalue weighted by atomic mass is 10.2. The first-order valence-corrected chi connectivity index (χ1v) is 5.91. The molecule has 3 N–H and O–H groups in total. The summed E-state index contributed by atoms with van der Waals surface area (Å²) in [5.74, 6) is 0.0150. The summed E-state index contributed by atoms with van der Waals surface area (Å²) < 4.78 is 10.3. The average molecular weight is 283 g/mol. The van der Waals surface area contributed by atoms with Crippen LogP contribution in [-0.4, -0.2) is 37.6 Å². The summed E-state index contributed by atoms with van der Waals surface area (Å²) in [6.45, 7) is 0.206. The number of nitrogens with two attached hydrogens (primary N) is 1. The molecule has 0 fully saturated rings. The molecule has 0 bridgehead atoms. The van der Waals surface area contributed by atoms with Crippen LogP contribution in [0.15, 0.2) is 18.2 Å². The number of nitro groups is 1. The summed E-state index contributed by atoms with van der Waals surface area (Å²) in [6.07, 6.45) is 0.367. The number of hydrogen-bond acceptors (Lipinski definition) is 6. The Labute approximate surface area is 116 Å². The van der Waals surface area contributed by atoms with Gasteiger partial charge in [0.1, 0.15) is 5.75 Å². The van der Waals surface area contributed by atoms with Crippen LogP contribution in [0.25, 0.3) is 0 Å². The Kier molecular flexibility index (Phi) is 5.73. The van der Waals surface area contributed by atoms with Gasteiger partial charge < -0.3 is 20.5 Å². The molecular formula is C12H17N3O5. The highest BCUT2D eigenvalue weighted by Gasteiger charge is 2.16. The summed E-state index contributed by atoms with van der Waals surface area (Å²) in [5, 5.41) is 13.6. The van der Waals surface area contributed by atoms with Crippen LogP contribution in [0, 0.1) is 10.1 Å². The van der Waals surface area contributed by atoms with Gasteiger partial charge in [-0.25, -0.2) is 0 Å². The molecule has 1 unspecified atom stereocenters. The highest BCUT2D eigenvalue weighted by atomic mass is 16.6. The van der Waals surface area contributed by atoms with Gasteiger partial charge in [0.15, 0.2) is 5.75 Å². The van der Waals surface area contributed by atoms with Crippen LogP contribution in [0.2, 0.25) is 0 Å².